The van der Waals surface area contributed by atoms with Crippen molar-refractivity contribution in [1.82, 2.24) is 0 Å². The number of benzene rings is 2. The van der Waals surface area contributed by atoms with Crippen molar-refractivity contribution in [3.8, 4) is 0 Å². The van der Waals surface area contributed by atoms with E-state index in [4.69, 9.17) is 11.6 Å². The molecule has 2 aromatic rings. The second kappa shape index (κ2) is 7.14. The Bertz CT molecular complexity index is 623. The Morgan fingerprint density at radius 3 is 2.33 bits per heavy atom. The van der Waals surface area contributed by atoms with Crippen LogP contribution in [0.2, 0.25) is 5.02 Å². The topological polar surface area (TPSA) is 41.1 Å². The summed E-state index contributed by atoms with van der Waals surface area (Å²) in [5, 5.41) is 6.75. The zero-order chi connectivity index (χ0) is 15.2. The van der Waals surface area contributed by atoms with Gasteiger partial charge < -0.3 is 10.6 Å². The molecule has 0 saturated carbocycles. The fourth-order valence-corrected chi connectivity index (χ4v) is 2.05. The lowest BCUT2D eigenvalue weighted by Gasteiger charge is -2.09. The molecular formula is C17H19ClN2O. The van der Waals surface area contributed by atoms with Crippen LogP contribution in [-0.2, 0) is 4.79 Å². The van der Waals surface area contributed by atoms with Crippen molar-refractivity contribution in [3.63, 3.8) is 0 Å². The predicted octanol–water partition coefficient (Wildman–Crippen LogP) is 4.40. The molecule has 0 atom stereocenters. The summed E-state index contributed by atoms with van der Waals surface area (Å²) in [7, 11) is 0. The summed E-state index contributed by atoms with van der Waals surface area (Å²) in [5.74, 6) is -0.0198. The third-order valence-electron chi connectivity index (χ3n) is 3.32. The van der Waals surface area contributed by atoms with E-state index in [1.54, 1.807) is 24.3 Å². The number of rotatable bonds is 5. The van der Waals surface area contributed by atoms with Gasteiger partial charge in [-0.15, -0.1) is 0 Å². The van der Waals surface area contributed by atoms with Crippen LogP contribution in [0.5, 0.6) is 0 Å². The predicted molar refractivity (Wildman–Crippen MR) is 89.1 cm³/mol. The molecule has 110 valence electrons. The molecule has 0 heterocycles. The summed E-state index contributed by atoms with van der Waals surface area (Å²) in [6, 6.07) is 13.3. The van der Waals surface area contributed by atoms with E-state index in [-0.39, 0.29) is 5.91 Å². The zero-order valence-corrected chi connectivity index (χ0v) is 13.0. The number of carbonyl (C=O) groups excluding carboxylic acids is 1. The fourth-order valence-electron chi connectivity index (χ4n) is 1.93. The molecule has 0 unspecified atom stereocenters. The van der Waals surface area contributed by atoms with Crippen LogP contribution < -0.4 is 10.6 Å². The van der Waals surface area contributed by atoms with Crippen LogP contribution in [0.4, 0.5) is 11.4 Å². The number of anilines is 2. The Hall–Kier alpha value is -2.00. The van der Waals surface area contributed by atoms with Crippen LogP contribution in [-0.4, -0.2) is 12.5 Å². The van der Waals surface area contributed by atoms with Gasteiger partial charge in [0.1, 0.15) is 0 Å². The maximum absolute atomic E-state index is 11.8. The van der Waals surface area contributed by atoms with E-state index in [1.165, 1.54) is 11.1 Å². The molecule has 0 bridgehead atoms. The van der Waals surface area contributed by atoms with E-state index < -0.39 is 0 Å². The number of nitrogens with one attached hydrogen (secondary N) is 2. The summed E-state index contributed by atoms with van der Waals surface area (Å²) < 4.78 is 0. The Labute approximate surface area is 130 Å². The molecule has 2 rings (SSSR count). The molecule has 0 saturated heterocycles. The summed E-state index contributed by atoms with van der Waals surface area (Å²) >= 11 is 5.80. The standard InChI is InChI=1S/C17H19ClN2O/c1-12-3-6-16(11-13(12)2)19-10-9-17(21)20-15-7-4-14(18)5-8-15/h3-8,11,19H,9-10H2,1-2H3,(H,20,21). The zero-order valence-electron chi connectivity index (χ0n) is 12.2. The molecule has 3 nitrogen and oxygen atoms in total. The normalized spacial score (nSPS) is 10.2. The molecule has 0 aliphatic rings. The number of aryl methyl sites for hydroxylation is 2. The first-order chi connectivity index (χ1) is 10.0. The quantitative estimate of drug-likeness (QED) is 0.859. The second-order valence-corrected chi connectivity index (χ2v) is 5.47. The van der Waals surface area contributed by atoms with Gasteiger partial charge in [-0.25, -0.2) is 0 Å². The first kappa shape index (κ1) is 15.4. The molecule has 2 N–H and O–H groups in total. The lowest BCUT2D eigenvalue weighted by atomic mass is 10.1. The van der Waals surface area contributed by atoms with Crippen LogP contribution in [0.3, 0.4) is 0 Å². The van der Waals surface area contributed by atoms with E-state index in [1.807, 2.05) is 6.07 Å². The SMILES string of the molecule is Cc1ccc(NCCC(=O)Nc2ccc(Cl)cc2)cc1C. The Balaban J connectivity index is 1.78. The van der Waals surface area contributed by atoms with Gasteiger partial charge in [-0.1, -0.05) is 17.7 Å². The van der Waals surface area contributed by atoms with Crippen LogP contribution >= 0.6 is 11.6 Å². The molecule has 0 radical (unpaired) electrons. The summed E-state index contributed by atoms with van der Waals surface area (Å²) in [6.45, 7) is 4.76. The minimum atomic E-state index is -0.0198. The highest BCUT2D eigenvalue weighted by atomic mass is 35.5. The van der Waals surface area contributed by atoms with Crippen LogP contribution in [0.25, 0.3) is 0 Å². The Kier molecular flexibility index (Phi) is 5.23. The van der Waals surface area contributed by atoms with Crippen molar-refractivity contribution in [2.45, 2.75) is 20.3 Å². The van der Waals surface area contributed by atoms with Crippen molar-refractivity contribution >= 4 is 28.9 Å². The molecule has 2 aromatic carbocycles. The van der Waals surface area contributed by atoms with Gasteiger partial charge in [0.2, 0.25) is 5.91 Å². The third-order valence-corrected chi connectivity index (χ3v) is 3.57. The van der Waals surface area contributed by atoms with Gasteiger partial charge in [-0.3, -0.25) is 4.79 Å². The summed E-state index contributed by atoms with van der Waals surface area (Å²) in [5.41, 5.74) is 4.31. The lowest BCUT2D eigenvalue weighted by Crippen LogP contribution is -2.16. The van der Waals surface area contributed by atoms with Gasteiger partial charge in [-0.2, -0.15) is 0 Å². The van der Waals surface area contributed by atoms with Gasteiger partial charge in [0.05, 0.1) is 0 Å². The van der Waals surface area contributed by atoms with Crippen LogP contribution in [0.1, 0.15) is 17.5 Å². The van der Waals surface area contributed by atoms with Crippen molar-refractivity contribution in [2.75, 3.05) is 17.2 Å². The smallest absolute Gasteiger partial charge is 0.226 e. The van der Waals surface area contributed by atoms with Crippen LogP contribution in [0, 0.1) is 13.8 Å². The maximum atomic E-state index is 11.8. The average molecular weight is 303 g/mol. The van der Waals surface area contributed by atoms with Gasteiger partial charge in [0.15, 0.2) is 0 Å². The van der Waals surface area contributed by atoms with E-state index in [9.17, 15) is 4.79 Å². The van der Waals surface area contributed by atoms with Crippen molar-refractivity contribution in [3.05, 3.63) is 58.6 Å². The van der Waals surface area contributed by atoms with E-state index in [2.05, 4.69) is 36.6 Å². The van der Waals surface area contributed by atoms with Crippen molar-refractivity contribution in [2.24, 2.45) is 0 Å². The summed E-state index contributed by atoms with van der Waals surface area (Å²) in [6.07, 6.45) is 0.412. The number of hydrogen-bond acceptors (Lipinski definition) is 2. The largest absolute Gasteiger partial charge is 0.385 e. The molecule has 0 aliphatic carbocycles. The van der Waals surface area contributed by atoms with Crippen molar-refractivity contribution < 1.29 is 4.79 Å². The van der Waals surface area contributed by atoms with E-state index in [0.717, 1.165) is 11.4 Å². The minimum absolute atomic E-state index is 0.0198. The fraction of sp³-hybridized carbons (Fsp3) is 0.235. The molecule has 0 fully saturated rings. The maximum Gasteiger partial charge on any atom is 0.226 e. The number of halogens is 1. The first-order valence-corrected chi connectivity index (χ1v) is 7.29. The highest BCUT2D eigenvalue weighted by Gasteiger charge is 2.02. The van der Waals surface area contributed by atoms with E-state index >= 15 is 0 Å². The number of hydrogen-bond donors (Lipinski definition) is 2. The van der Waals surface area contributed by atoms with Gasteiger partial charge in [0, 0.05) is 29.4 Å². The Morgan fingerprint density at radius 1 is 1.00 bits per heavy atom. The number of carbonyl (C=O) groups is 1. The lowest BCUT2D eigenvalue weighted by molar-refractivity contribution is -0.115. The van der Waals surface area contributed by atoms with Gasteiger partial charge in [0.25, 0.3) is 0 Å². The summed E-state index contributed by atoms with van der Waals surface area (Å²) in [4.78, 5) is 11.8. The highest BCUT2D eigenvalue weighted by molar-refractivity contribution is 6.30. The Morgan fingerprint density at radius 2 is 1.67 bits per heavy atom. The van der Waals surface area contributed by atoms with Crippen molar-refractivity contribution in [1.29, 1.82) is 0 Å². The molecular weight excluding hydrogens is 284 g/mol. The highest BCUT2D eigenvalue weighted by Crippen LogP contribution is 2.15. The third kappa shape index (κ3) is 4.80. The molecule has 4 heteroatoms. The first-order valence-electron chi connectivity index (χ1n) is 6.91. The molecule has 21 heavy (non-hydrogen) atoms. The average Bonchev–Trinajstić information content (AvgIpc) is 2.45. The van der Waals surface area contributed by atoms with E-state index in [0.29, 0.717) is 18.0 Å². The molecule has 0 aromatic heterocycles. The molecule has 0 aliphatic heterocycles. The van der Waals surface area contributed by atoms with Crippen LogP contribution in [0.15, 0.2) is 42.5 Å². The monoisotopic (exact) mass is 302 g/mol. The molecule has 1 amide bonds. The minimum Gasteiger partial charge on any atom is -0.385 e. The van der Waals surface area contributed by atoms with Gasteiger partial charge >= 0.3 is 0 Å². The number of amides is 1. The second-order valence-electron chi connectivity index (χ2n) is 5.03. The molecule has 0 spiro atoms. The van der Waals surface area contributed by atoms with Gasteiger partial charge in [-0.05, 0) is 61.4 Å².